The fraction of sp³-hybridized carbons (Fsp3) is 0.833. The zero-order valence-electron chi connectivity index (χ0n) is 9.99. The lowest BCUT2D eigenvalue weighted by atomic mass is 9.66. The smallest absolute Gasteiger partial charge is 0.303 e. The van der Waals surface area contributed by atoms with Crippen molar-refractivity contribution in [3.8, 4) is 0 Å². The Morgan fingerprint density at radius 1 is 1.62 bits per heavy atom. The molecule has 2 aliphatic carbocycles. The van der Waals surface area contributed by atoms with Crippen LogP contribution in [-0.2, 0) is 4.79 Å². The van der Waals surface area contributed by atoms with Crippen molar-refractivity contribution in [2.45, 2.75) is 46.0 Å². The summed E-state index contributed by atoms with van der Waals surface area (Å²) in [6, 6.07) is 0. The molecule has 16 heavy (non-hydrogen) atoms. The van der Waals surface area contributed by atoms with Gasteiger partial charge in [0.2, 0.25) is 0 Å². The Morgan fingerprint density at radius 2 is 2.31 bits per heavy atom. The summed E-state index contributed by atoms with van der Waals surface area (Å²) in [5, 5.41) is 12.8. The van der Waals surface area contributed by atoms with Gasteiger partial charge in [0.05, 0.1) is 0 Å². The van der Waals surface area contributed by atoms with E-state index < -0.39 is 5.97 Å². The maximum absolute atomic E-state index is 10.7. The summed E-state index contributed by atoms with van der Waals surface area (Å²) in [6.07, 6.45) is 4.24. The lowest BCUT2D eigenvalue weighted by molar-refractivity contribution is -0.138. The zero-order chi connectivity index (χ0) is 12.0. The van der Waals surface area contributed by atoms with Crippen LogP contribution < -0.4 is 5.84 Å². The van der Waals surface area contributed by atoms with Crippen LogP contribution in [0.4, 0.5) is 0 Å². The van der Waals surface area contributed by atoms with E-state index in [9.17, 15) is 4.79 Å². The topological polar surface area (TPSA) is 75.7 Å². The summed E-state index contributed by atoms with van der Waals surface area (Å²) in [6.45, 7) is 4.42. The highest BCUT2D eigenvalue weighted by atomic mass is 16.4. The number of hydrogen-bond donors (Lipinski definition) is 2. The van der Waals surface area contributed by atoms with Crippen LogP contribution in [0.5, 0.6) is 0 Å². The third-order valence-electron chi connectivity index (χ3n) is 5.25. The first kappa shape index (κ1) is 11.4. The van der Waals surface area contributed by atoms with Gasteiger partial charge in [-0.1, -0.05) is 13.8 Å². The summed E-state index contributed by atoms with van der Waals surface area (Å²) < 4.78 is 0. The standard InChI is InChI=1S/C12H20N2O2/c1-11(6-4-10(15)16)8-3-5-12(11,2)9(7-8)14-13/h8H,3-7,13H2,1-2H3,(H,15,16)/b14-9-/t8-,11+,12-/m0/s1. The number of carboxylic acids is 1. The molecule has 2 rings (SSSR count). The third kappa shape index (κ3) is 1.28. The van der Waals surface area contributed by atoms with Crippen LogP contribution in [0.25, 0.3) is 0 Å². The predicted molar refractivity (Wildman–Crippen MR) is 62.0 cm³/mol. The van der Waals surface area contributed by atoms with E-state index in [1.807, 2.05) is 0 Å². The van der Waals surface area contributed by atoms with E-state index in [2.05, 4.69) is 18.9 Å². The molecule has 3 atom stereocenters. The van der Waals surface area contributed by atoms with Crippen LogP contribution in [0, 0.1) is 16.7 Å². The van der Waals surface area contributed by atoms with E-state index in [0.717, 1.165) is 25.0 Å². The maximum Gasteiger partial charge on any atom is 0.303 e. The van der Waals surface area contributed by atoms with Crippen molar-refractivity contribution in [2.24, 2.45) is 27.7 Å². The van der Waals surface area contributed by atoms with E-state index in [4.69, 9.17) is 10.9 Å². The zero-order valence-corrected chi connectivity index (χ0v) is 9.99. The molecular weight excluding hydrogens is 204 g/mol. The first-order valence-corrected chi connectivity index (χ1v) is 5.93. The molecule has 0 radical (unpaired) electrons. The predicted octanol–water partition coefficient (Wildman–Crippen LogP) is 1.99. The second-order valence-electron chi connectivity index (χ2n) is 5.66. The van der Waals surface area contributed by atoms with Gasteiger partial charge in [0.25, 0.3) is 0 Å². The maximum atomic E-state index is 10.7. The summed E-state index contributed by atoms with van der Waals surface area (Å²) >= 11 is 0. The number of rotatable bonds is 3. The van der Waals surface area contributed by atoms with Gasteiger partial charge in [0.15, 0.2) is 0 Å². The molecule has 0 heterocycles. The van der Waals surface area contributed by atoms with E-state index >= 15 is 0 Å². The first-order chi connectivity index (χ1) is 7.44. The lowest BCUT2D eigenvalue weighted by Crippen LogP contribution is -2.35. The van der Waals surface area contributed by atoms with Gasteiger partial charge in [0, 0.05) is 17.5 Å². The number of aliphatic carboxylic acids is 1. The van der Waals surface area contributed by atoms with E-state index in [0.29, 0.717) is 5.92 Å². The lowest BCUT2D eigenvalue weighted by Gasteiger charge is -2.37. The molecule has 0 amide bonds. The van der Waals surface area contributed by atoms with Crippen molar-refractivity contribution in [3.63, 3.8) is 0 Å². The largest absolute Gasteiger partial charge is 0.481 e. The fourth-order valence-corrected chi connectivity index (χ4v) is 3.82. The molecule has 0 aromatic carbocycles. The minimum Gasteiger partial charge on any atom is -0.481 e. The van der Waals surface area contributed by atoms with Gasteiger partial charge in [-0.25, -0.2) is 0 Å². The van der Waals surface area contributed by atoms with Gasteiger partial charge >= 0.3 is 5.97 Å². The molecule has 2 fully saturated rings. The third-order valence-corrected chi connectivity index (χ3v) is 5.25. The van der Waals surface area contributed by atoms with Gasteiger partial charge < -0.3 is 10.9 Å². The van der Waals surface area contributed by atoms with Gasteiger partial charge in [-0.2, -0.15) is 5.10 Å². The van der Waals surface area contributed by atoms with E-state index in [1.54, 1.807) is 0 Å². The molecule has 90 valence electrons. The van der Waals surface area contributed by atoms with Crippen LogP contribution >= 0.6 is 0 Å². The summed E-state index contributed by atoms with van der Waals surface area (Å²) in [7, 11) is 0. The Bertz CT molecular complexity index is 353. The average Bonchev–Trinajstić information content (AvgIpc) is 2.60. The van der Waals surface area contributed by atoms with Crippen LogP contribution in [0.1, 0.15) is 46.0 Å². The molecule has 0 unspecified atom stereocenters. The van der Waals surface area contributed by atoms with Crippen LogP contribution in [0.15, 0.2) is 5.10 Å². The number of nitrogens with two attached hydrogens (primary N) is 1. The van der Waals surface area contributed by atoms with Crippen LogP contribution in [0.3, 0.4) is 0 Å². The second kappa shape index (κ2) is 3.47. The van der Waals surface area contributed by atoms with Crippen molar-refractivity contribution >= 4 is 11.7 Å². The Labute approximate surface area is 95.9 Å². The van der Waals surface area contributed by atoms with Gasteiger partial charge in [-0.05, 0) is 37.0 Å². The highest BCUT2D eigenvalue weighted by molar-refractivity contribution is 5.94. The Balaban J connectivity index is 2.25. The SMILES string of the molecule is C[C@]12CC[C@@H](C/C1=N/N)[C@@]2(C)CCC(=O)O. The van der Waals surface area contributed by atoms with Gasteiger partial charge in [0.1, 0.15) is 0 Å². The minimum absolute atomic E-state index is 0.0296. The monoisotopic (exact) mass is 224 g/mol. The molecule has 2 aliphatic rings. The molecule has 0 saturated heterocycles. The highest BCUT2D eigenvalue weighted by Gasteiger charge is 2.62. The molecule has 0 aromatic heterocycles. The van der Waals surface area contributed by atoms with E-state index in [-0.39, 0.29) is 17.3 Å². The molecule has 0 aromatic rings. The first-order valence-electron chi connectivity index (χ1n) is 5.93. The molecule has 4 heteroatoms. The molecule has 0 spiro atoms. The number of fused-ring (bicyclic) bond motifs is 2. The van der Waals surface area contributed by atoms with Crippen molar-refractivity contribution in [1.29, 1.82) is 0 Å². The fourth-order valence-electron chi connectivity index (χ4n) is 3.82. The number of carbonyl (C=O) groups is 1. The minimum atomic E-state index is -0.706. The molecule has 2 saturated carbocycles. The highest BCUT2D eigenvalue weighted by Crippen LogP contribution is 2.65. The Kier molecular flexibility index (Phi) is 2.48. The molecule has 3 N–H and O–H groups in total. The van der Waals surface area contributed by atoms with E-state index in [1.165, 1.54) is 6.42 Å². The number of hydrogen-bond acceptors (Lipinski definition) is 3. The number of nitrogens with zero attached hydrogens (tertiary/aromatic N) is 1. The molecule has 2 bridgehead atoms. The summed E-state index contributed by atoms with van der Waals surface area (Å²) in [5.74, 6) is 5.32. The molecule has 0 aliphatic heterocycles. The second-order valence-corrected chi connectivity index (χ2v) is 5.66. The summed E-state index contributed by atoms with van der Waals surface area (Å²) in [5.41, 5.74) is 1.20. The number of hydrazone groups is 1. The van der Waals surface area contributed by atoms with Crippen molar-refractivity contribution in [2.75, 3.05) is 0 Å². The van der Waals surface area contributed by atoms with Crippen molar-refractivity contribution < 1.29 is 9.90 Å². The van der Waals surface area contributed by atoms with Crippen LogP contribution in [0.2, 0.25) is 0 Å². The quantitative estimate of drug-likeness (QED) is 0.568. The molecule has 4 nitrogen and oxygen atoms in total. The summed E-state index contributed by atoms with van der Waals surface area (Å²) in [4.78, 5) is 10.7. The van der Waals surface area contributed by atoms with Gasteiger partial charge in [-0.3, -0.25) is 4.79 Å². The molecular formula is C12H20N2O2. The van der Waals surface area contributed by atoms with Gasteiger partial charge in [-0.15, -0.1) is 0 Å². The Morgan fingerprint density at radius 3 is 2.81 bits per heavy atom. The van der Waals surface area contributed by atoms with Crippen LogP contribution in [-0.4, -0.2) is 16.8 Å². The average molecular weight is 224 g/mol. The normalized spacial score (nSPS) is 44.1. The Hall–Kier alpha value is -1.06. The van der Waals surface area contributed by atoms with Crippen molar-refractivity contribution in [1.82, 2.24) is 0 Å². The number of carboxylic acid groups (broad SMARTS) is 1. The van der Waals surface area contributed by atoms with Crippen molar-refractivity contribution in [3.05, 3.63) is 0 Å².